The molecule has 7 N–H and O–H groups in total. The highest BCUT2D eigenvalue weighted by molar-refractivity contribution is 5.80. The SMILES string of the molecule is CCCCCCCCCCCCCCC/C=C\C/C=C\CCCCCCCCCCCCCCCCCCC(O)C(=O)NC(COC1OC(CO)C(O)C(O)C1O)C(O)/C=C/CCCCCCCCCCCCCCCC. The van der Waals surface area contributed by atoms with E-state index in [1.807, 2.05) is 6.08 Å². The maximum absolute atomic E-state index is 13.2. The van der Waals surface area contributed by atoms with Crippen LogP contribution in [0.15, 0.2) is 36.5 Å². The molecule has 8 unspecified atom stereocenters. The van der Waals surface area contributed by atoms with Crippen LogP contribution in [0.25, 0.3) is 0 Å². The summed E-state index contributed by atoms with van der Waals surface area (Å²) in [6.07, 6.45) is 64.2. The molecule has 0 aliphatic carbocycles. The van der Waals surface area contributed by atoms with Crippen molar-refractivity contribution in [1.82, 2.24) is 5.32 Å². The van der Waals surface area contributed by atoms with Gasteiger partial charge in [0.2, 0.25) is 5.91 Å². The van der Waals surface area contributed by atoms with E-state index in [0.717, 1.165) is 51.4 Å². The van der Waals surface area contributed by atoms with Crippen LogP contribution in [0.1, 0.15) is 322 Å². The van der Waals surface area contributed by atoms with Crippen molar-refractivity contribution in [2.24, 2.45) is 0 Å². The van der Waals surface area contributed by atoms with Crippen LogP contribution in [0.3, 0.4) is 0 Å². The molecule has 10 nitrogen and oxygen atoms in total. The van der Waals surface area contributed by atoms with Gasteiger partial charge in [-0.3, -0.25) is 4.79 Å². The zero-order chi connectivity index (χ0) is 55.9. The largest absolute Gasteiger partial charge is 0.394 e. The minimum atomic E-state index is -1.61. The smallest absolute Gasteiger partial charge is 0.249 e. The molecule has 1 fully saturated rings. The van der Waals surface area contributed by atoms with Crippen molar-refractivity contribution in [2.75, 3.05) is 13.2 Å². The second-order valence-corrected chi connectivity index (χ2v) is 23.4. The predicted molar refractivity (Wildman–Crippen MR) is 324 cm³/mol. The molecule has 454 valence electrons. The molecule has 0 aromatic rings. The molecule has 1 aliphatic rings. The molecular formula is C67H127NO9. The highest BCUT2D eigenvalue weighted by atomic mass is 16.7. The number of hydrogen-bond acceptors (Lipinski definition) is 9. The molecule has 1 amide bonds. The number of unbranched alkanes of at least 4 members (excludes halogenated alkanes) is 43. The number of aliphatic hydroxyl groups is 6. The summed E-state index contributed by atoms with van der Waals surface area (Å²) in [5.41, 5.74) is 0. The Kier molecular flexibility index (Phi) is 53.6. The van der Waals surface area contributed by atoms with Crippen molar-refractivity contribution >= 4 is 5.91 Å². The van der Waals surface area contributed by atoms with Crippen molar-refractivity contribution in [2.45, 2.75) is 371 Å². The Balaban J connectivity index is 2.12. The third-order valence-corrected chi connectivity index (χ3v) is 16.1. The molecule has 0 saturated carbocycles. The number of aliphatic hydroxyl groups excluding tert-OH is 6. The second kappa shape index (κ2) is 56.2. The van der Waals surface area contributed by atoms with E-state index in [9.17, 15) is 35.4 Å². The Morgan fingerprint density at radius 3 is 1.16 bits per heavy atom. The molecule has 77 heavy (non-hydrogen) atoms. The Morgan fingerprint density at radius 1 is 0.455 bits per heavy atom. The molecule has 8 atom stereocenters. The lowest BCUT2D eigenvalue weighted by atomic mass is 9.99. The average molecular weight is 1090 g/mol. The molecule has 0 bridgehead atoms. The van der Waals surface area contributed by atoms with E-state index in [-0.39, 0.29) is 6.61 Å². The Morgan fingerprint density at radius 2 is 0.792 bits per heavy atom. The summed E-state index contributed by atoms with van der Waals surface area (Å²) >= 11 is 0. The lowest BCUT2D eigenvalue weighted by molar-refractivity contribution is -0.302. The van der Waals surface area contributed by atoms with Crippen molar-refractivity contribution < 1.29 is 44.9 Å². The fourth-order valence-electron chi connectivity index (χ4n) is 10.7. The van der Waals surface area contributed by atoms with Gasteiger partial charge in [-0.2, -0.15) is 0 Å². The van der Waals surface area contributed by atoms with Gasteiger partial charge in [-0.05, 0) is 51.4 Å². The molecule has 1 heterocycles. The van der Waals surface area contributed by atoms with E-state index < -0.39 is 61.5 Å². The molecule has 0 aromatic carbocycles. The van der Waals surface area contributed by atoms with E-state index in [4.69, 9.17) is 9.47 Å². The van der Waals surface area contributed by atoms with E-state index >= 15 is 0 Å². The Hall–Kier alpha value is -1.63. The molecule has 0 spiro atoms. The van der Waals surface area contributed by atoms with Gasteiger partial charge in [0.1, 0.15) is 30.5 Å². The van der Waals surface area contributed by atoms with Crippen LogP contribution in [0, 0.1) is 0 Å². The third kappa shape index (κ3) is 44.7. The number of hydrogen-bond donors (Lipinski definition) is 7. The van der Waals surface area contributed by atoms with Crippen molar-refractivity contribution in [3.63, 3.8) is 0 Å². The lowest BCUT2D eigenvalue weighted by Gasteiger charge is -2.40. The summed E-state index contributed by atoms with van der Waals surface area (Å²) in [5, 5.41) is 65.2. The number of nitrogens with one attached hydrogen (secondary N) is 1. The van der Waals surface area contributed by atoms with Crippen LogP contribution >= 0.6 is 0 Å². The summed E-state index contributed by atoms with van der Waals surface area (Å²) in [5.74, 6) is -0.612. The first-order valence-electron chi connectivity index (χ1n) is 33.3. The van der Waals surface area contributed by atoms with Crippen LogP contribution in [-0.4, -0.2) is 98.7 Å². The average Bonchev–Trinajstić information content (AvgIpc) is 3.43. The normalized spacial score (nSPS) is 19.3. The molecule has 1 aliphatic heterocycles. The molecule has 0 aromatic heterocycles. The van der Waals surface area contributed by atoms with Gasteiger partial charge in [0, 0.05) is 0 Å². The standard InChI is InChI=1S/C67H127NO9/c1-3-5-7-9-11-13-15-17-19-21-22-23-24-25-26-27-28-29-30-31-32-33-34-35-36-37-38-39-40-42-44-46-48-50-52-54-56-61(71)66(75)68-59(58-76-67-65(74)64(73)63(72)62(57-69)77-67)60(70)55-53-51-49-47-45-43-41-20-18-16-14-12-10-8-6-4-2/h26-27,29-30,53,55,59-65,67,69-74H,3-25,28,31-52,54,56-58H2,1-2H3,(H,68,75)/b27-26-,30-29-,55-53+. The summed E-state index contributed by atoms with van der Waals surface area (Å²) in [6, 6.07) is -0.980. The minimum Gasteiger partial charge on any atom is -0.394 e. The van der Waals surface area contributed by atoms with Gasteiger partial charge in [-0.1, -0.05) is 307 Å². The predicted octanol–water partition coefficient (Wildman–Crippen LogP) is 16.4. The van der Waals surface area contributed by atoms with Crippen LogP contribution in [0.4, 0.5) is 0 Å². The highest BCUT2D eigenvalue weighted by Crippen LogP contribution is 2.23. The zero-order valence-electron chi connectivity index (χ0n) is 50.3. The highest BCUT2D eigenvalue weighted by Gasteiger charge is 2.44. The van der Waals surface area contributed by atoms with Crippen LogP contribution in [-0.2, 0) is 14.3 Å². The van der Waals surface area contributed by atoms with Gasteiger partial charge in [-0.25, -0.2) is 0 Å². The minimum absolute atomic E-state index is 0.303. The third-order valence-electron chi connectivity index (χ3n) is 16.1. The van der Waals surface area contributed by atoms with E-state index in [1.165, 1.54) is 250 Å². The van der Waals surface area contributed by atoms with Crippen LogP contribution < -0.4 is 5.32 Å². The molecule has 1 rings (SSSR count). The number of carbonyl (C=O) groups is 1. The summed E-state index contributed by atoms with van der Waals surface area (Å²) in [7, 11) is 0. The topological polar surface area (TPSA) is 169 Å². The number of allylic oxidation sites excluding steroid dienone is 5. The summed E-state index contributed by atoms with van der Waals surface area (Å²) < 4.78 is 11.2. The number of carbonyl (C=O) groups excluding carboxylic acids is 1. The second-order valence-electron chi connectivity index (χ2n) is 23.4. The van der Waals surface area contributed by atoms with Gasteiger partial charge in [0.05, 0.1) is 25.4 Å². The van der Waals surface area contributed by atoms with Gasteiger partial charge in [0.25, 0.3) is 0 Å². The number of rotatable bonds is 58. The quantitative estimate of drug-likeness (QED) is 0.0232. The van der Waals surface area contributed by atoms with Gasteiger partial charge in [-0.15, -0.1) is 0 Å². The van der Waals surface area contributed by atoms with Crippen molar-refractivity contribution in [1.29, 1.82) is 0 Å². The zero-order valence-corrected chi connectivity index (χ0v) is 50.3. The summed E-state index contributed by atoms with van der Waals surface area (Å²) in [4.78, 5) is 13.2. The molecular weight excluding hydrogens is 963 g/mol. The number of amides is 1. The van der Waals surface area contributed by atoms with Crippen LogP contribution in [0.2, 0.25) is 0 Å². The molecule has 0 radical (unpaired) electrons. The first-order valence-corrected chi connectivity index (χ1v) is 33.3. The Labute approximate surface area is 474 Å². The van der Waals surface area contributed by atoms with Crippen LogP contribution in [0.5, 0.6) is 0 Å². The maximum Gasteiger partial charge on any atom is 0.249 e. The fourth-order valence-corrected chi connectivity index (χ4v) is 10.7. The van der Waals surface area contributed by atoms with Gasteiger partial charge >= 0.3 is 0 Å². The van der Waals surface area contributed by atoms with Gasteiger partial charge < -0.3 is 45.4 Å². The Bertz CT molecular complexity index is 1330. The summed E-state index contributed by atoms with van der Waals surface area (Å²) in [6.45, 7) is 3.65. The van der Waals surface area contributed by atoms with Crippen molar-refractivity contribution in [3.05, 3.63) is 36.5 Å². The van der Waals surface area contributed by atoms with E-state index in [1.54, 1.807) is 6.08 Å². The van der Waals surface area contributed by atoms with E-state index in [0.29, 0.717) is 6.42 Å². The van der Waals surface area contributed by atoms with E-state index in [2.05, 4.69) is 43.5 Å². The van der Waals surface area contributed by atoms with Gasteiger partial charge in [0.15, 0.2) is 6.29 Å². The molecule has 1 saturated heterocycles. The lowest BCUT2D eigenvalue weighted by Crippen LogP contribution is -2.60. The first-order chi connectivity index (χ1) is 37.8. The fraction of sp³-hybridized carbons (Fsp3) is 0.896. The van der Waals surface area contributed by atoms with Crippen molar-refractivity contribution in [3.8, 4) is 0 Å². The molecule has 10 heteroatoms. The monoisotopic (exact) mass is 1090 g/mol. The first kappa shape index (κ1) is 73.4. The maximum atomic E-state index is 13.2. The number of ether oxygens (including phenoxy) is 2.